The molecule has 0 unspecified atom stereocenters. The number of para-hydroxylation sites is 1. The van der Waals surface area contributed by atoms with Crippen molar-refractivity contribution in [1.82, 2.24) is 9.88 Å². The third-order valence-corrected chi connectivity index (χ3v) is 4.96. The number of fused-ring (bicyclic) bond motifs is 1. The van der Waals surface area contributed by atoms with Gasteiger partial charge in [0.2, 0.25) is 0 Å². The number of ether oxygens (including phenoxy) is 1. The molecule has 2 aromatic carbocycles. The molecule has 168 valence electrons. The minimum atomic E-state index is -1.14. The molecule has 2 N–H and O–H groups in total. The lowest BCUT2D eigenvalue weighted by molar-refractivity contribution is 0.0231. The fourth-order valence-corrected chi connectivity index (χ4v) is 3.58. The summed E-state index contributed by atoms with van der Waals surface area (Å²) in [5.41, 5.74) is 0.591. The molecular weight excluding hydrogens is 408 g/mol. The molecule has 0 saturated heterocycles. The lowest BCUT2D eigenvalue weighted by atomic mass is 10.00. The Labute approximate surface area is 186 Å². The molecule has 32 heavy (non-hydrogen) atoms. The molecule has 0 aliphatic rings. The van der Waals surface area contributed by atoms with E-state index in [0.717, 1.165) is 5.56 Å². The minimum absolute atomic E-state index is 0.0104. The van der Waals surface area contributed by atoms with Gasteiger partial charge in [-0.2, -0.15) is 0 Å². The van der Waals surface area contributed by atoms with Gasteiger partial charge in [-0.05, 0) is 45.2 Å². The lowest BCUT2D eigenvalue weighted by Gasteiger charge is -2.27. The Hall–Kier alpha value is -3.61. The van der Waals surface area contributed by atoms with Crippen molar-refractivity contribution in [3.63, 3.8) is 0 Å². The zero-order valence-electron chi connectivity index (χ0n) is 18.6. The first kappa shape index (κ1) is 23.1. The fourth-order valence-electron chi connectivity index (χ4n) is 3.58. The number of carboxylic acids is 1. The molecule has 7 heteroatoms. The second-order valence-corrected chi connectivity index (χ2v) is 8.65. The van der Waals surface area contributed by atoms with Gasteiger partial charge in [-0.25, -0.2) is 9.59 Å². The lowest BCUT2D eigenvalue weighted by Crippen LogP contribution is -2.37. The summed E-state index contributed by atoms with van der Waals surface area (Å²) in [5.74, 6) is -1.14. The summed E-state index contributed by atoms with van der Waals surface area (Å²) in [7, 11) is 0. The van der Waals surface area contributed by atoms with Gasteiger partial charge >= 0.3 is 12.1 Å². The number of aromatic nitrogens is 1. The van der Waals surface area contributed by atoms with E-state index in [-0.39, 0.29) is 17.5 Å². The van der Waals surface area contributed by atoms with E-state index in [1.807, 2.05) is 30.3 Å². The Morgan fingerprint density at radius 3 is 2.34 bits per heavy atom. The first-order valence-corrected chi connectivity index (χ1v) is 10.5. The highest BCUT2D eigenvalue weighted by Gasteiger charge is 2.23. The second kappa shape index (κ2) is 9.68. The van der Waals surface area contributed by atoms with Gasteiger partial charge in [0, 0.05) is 29.6 Å². The van der Waals surface area contributed by atoms with Crippen LogP contribution in [0.1, 0.15) is 48.7 Å². The molecule has 0 saturated carbocycles. The van der Waals surface area contributed by atoms with Crippen LogP contribution in [0.5, 0.6) is 0 Å². The third-order valence-electron chi connectivity index (χ3n) is 4.96. The molecule has 1 heterocycles. The monoisotopic (exact) mass is 436 g/mol. The highest BCUT2D eigenvalue weighted by molar-refractivity contribution is 6.03. The number of H-pyrrole nitrogens is 1. The van der Waals surface area contributed by atoms with E-state index < -0.39 is 23.2 Å². The molecule has 1 aromatic heterocycles. The first-order valence-electron chi connectivity index (χ1n) is 10.5. The van der Waals surface area contributed by atoms with Crippen LogP contribution in [0, 0.1) is 0 Å². The van der Waals surface area contributed by atoms with Gasteiger partial charge in [0.05, 0.1) is 5.56 Å². The Balaban J connectivity index is 1.82. The van der Waals surface area contributed by atoms with Crippen molar-refractivity contribution < 1.29 is 19.4 Å². The van der Waals surface area contributed by atoms with Crippen molar-refractivity contribution in [2.24, 2.45) is 0 Å². The second-order valence-electron chi connectivity index (χ2n) is 8.65. The largest absolute Gasteiger partial charge is 0.478 e. The van der Waals surface area contributed by atoms with E-state index >= 15 is 0 Å². The molecule has 0 aliphatic heterocycles. The molecule has 0 spiro atoms. The number of carbonyl (C=O) groups is 2. The zero-order valence-corrected chi connectivity index (χ0v) is 18.6. The zero-order chi connectivity index (χ0) is 23.3. The molecule has 0 bridgehead atoms. The number of amides is 1. The summed E-state index contributed by atoms with van der Waals surface area (Å²) < 4.78 is 5.54. The Morgan fingerprint density at radius 2 is 1.69 bits per heavy atom. The molecule has 3 rings (SSSR count). The van der Waals surface area contributed by atoms with Crippen LogP contribution in [0.25, 0.3) is 10.9 Å². The third kappa shape index (κ3) is 5.75. The molecule has 0 radical (unpaired) electrons. The van der Waals surface area contributed by atoms with Gasteiger partial charge in [0.25, 0.3) is 5.56 Å². The number of hydrogen-bond donors (Lipinski definition) is 2. The summed E-state index contributed by atoms with van der Waals surface area (Å²) in [5, 5.41) is 10.3. The van der Waals surface area contributed by atoms with Crippen LogP contribution >= 0.6 is 0 Å². The highest BCUT2D eigenvalue weighted by Crippen LogP contribution is 2.20. The maximum absolute atomic E-state index is 12.8. The predicted molar refractivity (Wildman–Crippen MR) is 123 cm³/mol. The first-order chi connectivity index (χ1) is 15.2. The topological polar surface area (TPSA) is 99.7 Å². The number of carboxylic acid groups (broad SMARTS) is 1. The predicted octanol–water partition coefficient (Wildman–Crippen LogP) is 4.60. The molecule has 7 nitrogen and oxygen atoms in total. The van der Waals surface area contributed by atoms with E-state index in [1.165, 1.54) is 0 Å². The van der Waals surface area contributed by atoms with Crippen LogP contribution in [0.3, 0.4) is 0 Å². The Morgan fingerprint density at radius 1 is 1.03 bits per heavy atom. The van der Waals surface area contributed by atoms with Crippen LogP contribution in [0.15, 0.2) is 59.4 Å². The summed E-state index contributed by atoms with van der Waals surface area (Å²) >= 11 is 0. The van der Waals surface area contributed by atoms with Crippen LogP contribution in [0.2, 0.25) is 0 Å². The van der Waals surface area contributed by atoms with Crippen LogP contribution in [-0.4, -0.2) is 39.2 Å². The standard InChI is InChI=1S/C25H28N2O5/c1-25(2,3)32-24(31)27(16-17-10-5-4-6-11-17)15-9-13-19-21(23(29)30)18-12-7-8-14-20(18)26-22(19)28/h4-8,10-12,14H,9,13,15-16H2,1-3H3,(H,26,28)(H,29,30). The fraction of sp³-hybridized carbons (Fsp3) is 0.320. The molecule has 3 aromatic rings. The van der Waals surface area contributed by atoms with Crippen molar-refractivity contribution in [1.29, 1.82) is 0 Å². The van der Waals surface area contributed by atoms with Gasteiger partial charge in [-0.1, -0.05) is 48.5 Å². The average Bonchev–Trinajstić information content (AvgIpc) is 2.72. The number of carbonyl (C=O) groups excluding carboxylic acids is 1. The van der Waals surface area contributed by atoms with Crippen molar-refractivity contribution in [3.8, 4) is 0 Å². The summed E-state index contributed by atoms with van der Waals surface area (Å²) in [4.78, 5) is 41.7. The van der Waals surface area contributed by atoms with E-state index in [0.29, 0.717) is 30.4 Å². The Kier molecular flexibility index (Phi) is 6.98. The summed E-state index contributed by atoms with van der Waals surface area (Å²) in [6, 6.07) is 16.4. The average molecular weight is 437 g/mol. The molecule has 1 amide bonds. The Bertz CT molecular complexity index is 1160. The summed E-state index contributed by atoms with van der Waals surface area (Å²) in [6.45, 7) is 6.09. The number of nitrogens with zero attached hydrogens (tertiary/aromatic N) is 1. The van der Waals surface area contributed by atoms with Crippen molar-refractivity contribution in [2.75, 3.05) is 6.54 Å². The van der Waals surface area contributed by atoms with Crippen molar-refractivity contribution in [3.05, 3.63) is 81.6 Å². The normalized spacial score (nSPS) is 11.3. The number of aromatic amines is 1. The van der Waals surface area contributed by atoms with Gasteiger partial charge in [-0.15, -0.1) is 0 Å². The van der Waals surface area contributed by atoms with Gasteiger partial charge in [0.15, 0.2) is 0 Å². The van der Waals surface area contributed by atoms with Crippen LogP contribution < -0.4 is 5.56 Å². The number of pyridine rings is 1. The van der Waals surface area contributed by atoms with E-state index in [9.17, 15) is 19.5 Å². The van der Waals surface area contributed by atoms with E-state index in [2.05, 4.69) is 4.98 Å². The number of aromatic carboxylic acids is 1. The molecule has 0 fully saturated rings. The SMILES string of the molecule is CC(C)(C)OC(=O)N(CCCc1c(C(=O)O)c2ccccc2[nH]c1=O)Cc1ccccc1. The van der Waals surface area contributed by atoms with Crippen molar-refractivity contribution in [2.45, 2.75) is 45.8 Å². The molecular formula is C25H28N2O5. The number of benzene rings is 2. The van der Waals surface area contributed by atoms with Gasteiger partial charge < -0.3 is 19.7 Å². The number of nitrogens with one attached hydrogen (secondary N) is 1. The highest BCUT2D eigenvalue weighted by atomic mass is 16.6. The van der Waals surface area contributed by atoms with Gasteiger partial charge in [0.1, 0.15) is 5.60 Å². The number of hydrogen-bond acceptors (Lipinski definition) is 4. The van der Waals surface area contributed by atoms with Crippen LogP contribution in [-0.2, 0) is 17.7 Å². The minimum Gasteiger partial charge on any atom is -0.478 e. The van der Waals surface area contributed by atoms with Crippen LogP contribution in [0.4, 0.5) is 4.79 Å². The number of rotatable bonds is 7. The molecule has 0 atom stereocenters. The van der Waals surface area contributed by atoms with E-state index in [1.54, 1.807) is 49.9 Å². The maximum atomic E-state index is 12.8. The molecule has 0 aliphatic carbocycles. The maximum Gasteiger partial charge on any atom is 0.410 e. The summed E-state index contributed by atoms with van der Waals surface area (Å²) in [6.07, 6.45) is 0.177. The van der Waals surface area contributed by atoms with Gasteiger partial charge in [-0.3, -0.25) is 4.79 Å². The van der Waals surface area contributed by atoms with E-state index in [4.69, 9.17) is 4.74 Å². The van der Waals surface area contributed by atoms with Crippen molar-refractivity contribution >= 4 is 23.0 Å². The smallest absolute Gasteiger partial charge is 0.410 e. The quantitative estimate of drug-likeness (QED) is 0.564.